The van der Waals surface area contributed by atoms with E-state index in [4.69, 9.17) is 5.11 Å². The van der Waals surface area contributed by atoms with Crippen molar-refractivity contribution >= 4 is 15.7 Å². The van der Waals surface area contributed by atoms with Crippen LogP contribution in [0.2, 0.25) is 0 Å². The maximum atomic E-state index is 13.2. The largest absolute Gasteiger partial charge is 0.394 e. The van der Waals surface area contributed by atoms with Crippen LogP contribution in [-0.2, 0) is 20.0 Å². The summed E-state index contributed by atoms with van der Waals surface area (Å²) >= 11 is 0. The second-order valence-corrected chi connectivity index (χ2v) is 8.98. The molecule has 1 aliphatic carbocycles. The van der Waals surface area contributed by atoms with Crippen LogP contribution in [-0.4, -0.2) is 62.0 Å². The van der Waals surface area contributed by atoms with Crippen LogP contribution >= 0.6 is 0 Å². The Morgan fingerprint density at radius 1 is 1.20 bits per heavy atom. The average Bonchev–Trinajstić information content (AvgIpc) is 2.60. The molecule has 1 fully saturated rings. The van der Waals surface area contributed by atoms with E-state index in [-0.39, 0.29) is 17.3 Å². The SMILES string of the molecule is CN(CC(O)CO)C(=O)C1(c2ccc(S(C)(=O)=O)cc2)CCCCC1. The highest BCUT2D eigenvalue weighted by Crippen LogP contribution is 2.41. The number of carbonyl (C=O) groups is 1. The molecule has 0 saturated heterocycles. The van der Waals surface area contributed by atoms with Crippen LogP contribution in [0.5, 0.6) is 0 Å². The van der Waals surface area contributed by atoms with Crippen LogP contribution in [0.3, 0.4) is 0 Å². The van der Waals surface area contributed by atoms with E-state index in [1.807, 2.05) is 0 Å². The number of nitrogens with zero attached hydrogens (tertiary/aromatic N) is 1. The Morgan fingerprint density at radius 2 is 1.76 bits per heavy atom. The third-order valence-corrected chi connectivity index (χ3v) is 6.12. The number of amides is 1. The Bertz CT molecular complexity index is 693. The highest BCUT2D eigenvalue weighted by molar-refractivity contribution is 7.90. The highest BCUT2D eigenvalue weighted by atomic mass is 32.2. The van der Waals surface area contributed by atoms with Crippen molar-refractivity contribution in [2.75, 3.05) is 26.5 Å². The molecule has 0 bridgehead atoms. The van der Waals surface area contributed by atoms with Gasteiger partial charge in [0.05, 0.1) is 23.0 Å². The van der Waals surface area contributed by atoms with E-state index >= 15 is 0 Å². The topological polar surface area (TPSA) is 94.9 Å². The third kappa shape index (κ3) is 4.40. The Morgan fingerprint density at radius 3 is 2.24 bits per heavy atom. The number of sulfone groups is 1. The lowest BCUT2D eigenvalue weighted by atomic mass is 9.68. The van der Waals surface area contributed by atoms with Crippen molar-refractivity contribution in [3.63, 3.8) is 0 Å². The summed E-state index contributed by atoms with van der Waals surface area (Å²) in [4.78, 5) is 14.9. The van der Waals surface area contributed by atoms with Crippen LogP contribution in [0.15, 0.2) is 29.2 Å². The summed E-state index contributed by atoms with van der Waals surface area (Å²) < 4.78 is 23.3. The predicted molar refractivity (Wildman–Crippen MR) is 95.0 cm³/mol. The zero-order chi connectivity index (χ0) is 18.7. The molecular weight excluding hydrogens is 342 g/mol. The molecule has 2 N–H and O–H groups in total. The molecule has 0 spiro atoms. The highest BCUT2D eigenvalue weighted by Gasteiger charge is 2.43. The average molecular weight is 369 g/mol. The van der Waals surface area contributed by atoms with E-state index < -0.39 is 28.0 Å². The number of hydrogen-bond acceptors (Lipinski definition) is 5. The Kier molecular flexibility index (Phi) is 6.24. The maximum Gasteiger partial charge on any atom is 0.233 e. The fourth-order valence-electron chi connectivity index (χ4n) is 3.62. The number of aliphatic hydroxyl groups excluding tert-OH is 2. The molecule has 0 heterocycles. The Hall–Kier alpha value is -1.44. The smallest absolute Gasteiger partial charge is 0.233 e. The lowest BCUT2D eigenvalue weighted by molar-refractivity contribution is -0.139. The molecule has 1 unspecified atom stereocenters. The van der Waals surface area contributed by atoms with Crippen molar-refractivity contribution in [3.05, 3.63) is 29.8 Å². The van der Waals surface area contributed by atoms with Crippen molar-refractivity contribution < 1.29 is 23.4 Å². The summed E-state index contributed by atoms with van der Waals surface area (Å²) in [5.41, 5.74) is 0.119. The van der Waals surface area contributed by atoms with Crippen molar-refractivity contribution in [2.45, 2.75) is 48.5 Å². The van der Waals surface area contributed by atoms with Gasteiger partial charge in [0, 0.05) is 19.8 Å². The Balaban J connectivity index is 2.36. The van der Waals surface area contributed by atoms with Gasteiger partial charge in [-0.15, -0.1) is 0 Å². The molecule has 0 aromatic heterocycles. The van der Waals surface area contributed by atoms with Gasteiger partial charge in [0.25, 0.3) is 0 Å². The molecule has 7 heteroatoms. The molecule has 6 nitrogen and oxygen atoms in total. The molecule has 0 aliphatic heterocycles. The first-order valence-corrected chi connectivity index (χ1v) is 10.4. The fraction of sp³-hybridized carbons (Fsp3) is 0.611. The van der Waals surface area contributed by atoms with Gasteiger partial charge in [0.2, 0.25) is 5.91 Å². The number of hydrogen-bond donors (Lipinski definition) is 2. The first kappa shape index (κ1) is 19.9. The van der Waals surface area contributed by atoms with E-state index in [2.05, 4.69) is 0 Å². The summed E-state index contributed by atoms with van der Waals surface area (Å²) in [6, 6.07) is 6.57. The molecule has 0 radical (unpaired) electrons. The molecular formula is C18H27NO5S. The minimum atomic E-state index is -3.28. The van der Waals surface area contributed by atoms with Crippen LogP contribution < -0.4 is 0 Å². The van der Waals surface area contributed by atoms with E-state index in [9.17, 15) is 18.3 Å². The van der Waals surface area contributed by atoms with Gasteiger partial charge in [-0.1, -0.05) is 31.4 Å². The zero-order valence-corrected chi connectivity index (χ0v) is 15.6. The van der Waals surface area contributed by atoms with Gasteiger partial charge >= 0.3 is 0 Å². The summed E-state index contributed by atoms with van der Waals surface area (Å²) in [5.74, 6) is -0.0909. The van der Waals surface area contributed by atoms with Gasteiger partial charge in [0.1, 0.15) is 0 Å². The molecule has 1 aromatic rings. The fourth-order valence-corrected chi connectivity index (χ4v) is 4.26. The van der Waals surface area contributed by atoms with Crippen LogP contribution in [0, 0.1) is 0 Å². The maximum absolute atomic E-state index is 13.2. The normalized spacial score (nSPS) is 18.6. The Labute approximate surface area is 149 Å². The van der Waals surface area contributed by atoms with Crippen LogP contribution in [0.1, 0.15) is 37.7 Å². The van der Waals surface area contributed by atoms with Crippen molar-refractivity contribution in [3.8, 4) is 0 Å². The van der Waals surface area contributed by atoms with E-state index in [1.54, 1.807) is 31.3 Å². The third-order valence-electron chi connectivity index (χ3n) is 4.99. The number of benzene rings is 1. The van der Waals surface area contributed by atoms with Gasteiger partial charge < -0.3 is 15.1 Å². The molecule has 1 saturated carbocycles. The van der Waals surface area contributed by atoms with E-state index in [0.29, 0.717) is 12.8 Å². The van der Waals surface area contributed by atoms with Gasteiger partial charge in [-0.05, 0) is 30.5 Å². The van der Waals surface area contributed by atoms with Crippen molar-refractivity contribution in [2.24, 2.45) is 0 Å². The van der Waals surface area contributed by atoms with Crippen LogP contribution in [0.25, 0.3) is 0 Å². The number of rotatable bonds is 6. The molecule has 1 aliphatic rings. The van der Waals surface area contributed by atoms with Gasteiger partial charge in [0.15, 0.2) is 9.84 Å². The second-order valence-electron chi connectivity index (χ2n) is 6.96. The molecule has 140 valence electrons. The van der Waals surface area contributed by atoms with Gasteiger partial charge in [-0.3, -0.25) is 4.79 Å². The molecule has 1 atom stereocenters. The summed E-state index contributed by atoms with van der Waals surface area (Å²) in [7, 11) is -1.65. The lowest BCUT2D eigenvalue weighted by Gasteiger charge is -2.39. The minimum Gasteiger partial charge on any atom is -0.394 e. The van der Waals surface area contributed by atoms with E-state index in [1.165, 1.54) is 4.90 Å². The number of aliphatic hydroxyl groups is 2. The molecule has 1 aromatic carbocycles. The standard InChI is InChI=1S/C18H27NO5S/c1-19(12-15(21)13-20)17(22)18(10-4-3-5-11-18)14-6-8-16(9-7-14)25(2,23)24/h6-9,15,20-21H,3-5,10-13H2,1-2H3. The molecule has 2 rings (SSSR count). The quantitative estimate of drug-likeness (QED) is 0.783. The number of likely N-dealkylation sites (N-methyl/N-ethyl adjacent to an activating group) is 1. The van der Waals surface area contributed by atoms with Gasteiger partial charge in [-0.2, -0.15) is 0 Å². The van der Waals surface area contributed by atoms with Crippen molar-refractivity contribution in [1.29, 1.82) is 0 Å². The second kappa shape index (κ2) is 7.85. The summed E-state index contributed by atoms with van der Waals surface area (Å²) in [6.07, 6.45) is 4.51. The minimum absolute atomic E-state index is 0.0680. The summed E-state index contributed by atoms with van der Waals surface area (Å²) in [6.45, 7) is -0.327. The number of carbonyl (C=O) groups excluding carboxylic acids is 1. The summed E-state index contributed by atoms with van der Waals surface area (Å²) in [5, 5.41) is 18.7. The predicted octanol–water partition coefficient (Wildman–Crippen LogP) is 1.10. The first-order chi connectivity index (χ1) is 11.7. The molecule has 1 amide bonds. The monoisotopic (exact) mass is 369 g/mol. The molecule has 25 heavy (non-hydrogen) atoms. The lowest BCUT2D eigenvalue weighted by Crippen LogP contribution is -2.49. The van der Waals surface area contributed by atoms with Crippen LogP contribution in [0.4, 0.5) is 0 Å². The van der Waals surface area contributed by atoms with Gasteiger partial charge in [-0.25, -0.2) is 8.42 Å². The van der Waals surface area contributed by atoms with Crippen molar-refractivity contribution in [1.82, 2.24) is 4.90 Å². The zero-order valence-electron chi connectivity index (χ0n) is 14.8. The first-order valence-electron chi connectivity index (χ1n) is 8.56. The van der Waals surface area contributed by atoms with E-state index in [0.717, 1.165) is 31.1 Å².